The lowest BCUT2D eigenvalue weighted by molar-refractivity contribution is 0.256. The van der Waals surface area contributed by atoms with E-state index < -0.39 is 0 Å². The van der Waals surface area contributed by atoms with Crippen LogP contribution in [-0.4, -0.2) is 34.8 Å². The highest BCUT2D eigenvalue weighted by molar-refractivity contribution is 6.15. The monoisotopic (exact) mass is 818 g/mol. The lowest BCUT2D eigenvalue weighted by Gasteiger charge is -2.38. The molecule has 1 fully saturated rings. The first-order valence-corrected chi connectivity index (χ1v) is 24.5. The number of nitrogens with one attached hydrogen (secondary N) is 1. The van der Waals surface area contributed by atoms with Crippen molar-refractivity contribution in [1.82, 2.24) is 10.2 Å². The Hall–Kier alpha value is -5.16. The zero-order valence-corrected chi connectivity index (χ0v) is 36.3. The minimum Gasteiger partial charge on any atom is -0.460 e. The van der Waals surface area contributed by atoms with Gasteiger partial charge in [-0.1, -0.05) is 115 Å². The van der Waals surface area contributed by atoms with E-state index in [9.17, 15) is 0 Å². The Bertz CT molecular complexity index is 2440. The molecule has 1 aromatic carbocycles. The number of likely N-dealkylation sites (tertiary alicyclic amines) is 1. The molecule has 5 heteroatoms. The van der Waals surface area contributed by atoms with Crippen LogP contribution in [0.3, 0.4) is 0 Å². The van der Waals surface area contributed by atoms with E-state index >= 15 is 0 Å². The summed E-state index contributed by atoms with van der Waals surface area (Å²) in [6.07, 6.45) is 59.3. The van der Waals surface area contributed by atoms with Crippen molar-refractivity contribution in [3.8, 4) is 5.75 Å². The molecular formula is C57H62N4O. The second-order valence-corrected chi connectivity index (χ2v) is 19.8. The van der Waals surface area contributed by atoms with E-state index in [0.717, 1.165) is 75.2 Å². The number of ether oxygens (including phenoxy) is 1. The van der Waals surface area contributed by atoms with Crippen LogP contribution < -0.4 is 10.1 Å². The molecule has 0 radical (unpaired) electrons. The summed E-state index contributed by atoms with van der Waals surface area (Å²) >= 11 is 0. The summed E-state index contributed by atoms with van der Waals surface area (Å²) in [5.41, 5.74) is 10.2. The summed E-state index contributed by atoms with van der Waals surface area (Å²) in [6.45, 7) is 0. The normalized spacial score (nSPS) is 35.4. The SMILES string of the molecule is C1=CCCC(C2=CCCC(C3CCC(c4cccc5c4OC4=CC6C(CC45)C4C=CC=CC4N6C4=CC=CCC4)=C(C4=NC(C5C=CC=CC5)N=C(C5C=CCCC5)N4)C3)C2)=C1. The van der Waals surface area contributed by atoms with Gasteiger partial charge in [-0.3, -0.25) is 0 Å². The number of amidine groups is 2. The maximum atomic E-state index is 7.29. The Kier molecular flexibility index (Phi) is 10.3. The number of para-hydroxylation sites is 1. The third-order valence-corrected chi connectivity index (χ3v) is 16.4. The molecule has 11 aliphatic rings. The van der Waals surface area contributed by atoms with E-state index in [2.05, 4.69) is 138 Å². The fraction of sp³-hybridized carbons (Fsp3) is 0.439. The second kappa shape index (κ2) is 16.5. The predicted molar refractivity (Wildman–Crippen MR) is 254 cm³/mol. The van der Waals surface area contributed by atoms with Gasteiger partial charge in [-0.15, -0.1) is 0 Å². The van der Waals surface area contributed by atoms with Crippen molar-refractivity contribution in [2.24, 2.45) is 45.5 Å². The van der Waals surface area contributed by atoms with E-state index in [4.69, 9.17) is 14.7 Å². The summed E-state index contributed by atoms with van der Waals surface area (Å²) in [5.74, 6) is 7.67. The van der Waals surface area contributed by atoms with Gasteiger partial charge in [0.05, 0.1) is 12.1 Å². The zero-order chi connectivity index (χ0) is 41.0. The van der Waals surface area contributed by atoms with Gasteiger partial charge < -0.3 is 15.0 Å². The topological polar surface area (TPSA) is 49.2 Å². The first-order valence-electron chi connectivity index (χ1n) is 24.5. The van der Waals surface area contributed by atoms with Gasteiger partial charge in [0, 0.05) is 40.5 Å². The van der Waals surface area contributed by atoms with Gasteiger partial charge in [-0.05, 0) is 149 Å². The molecule has 1 saturated heterocycles. The molecule has 1 N–H and O–H groups in total. The van der Waals surface area contributed by atoms with Crippen LogP contribution in [0, 0.1) is 35.5 Å². The van der Waals surface area contributed by atoms with Gasteiger partial charge >= 0.3 is 0 Å². The van der Waals surface area contributed by atoms with E-state index in [1.54, 1.807) is 11.1 Å². The highest BCUT2D eigenvalue weighted by Gasteiger charge is 2.52. The van der Waals surface area contributed by atoms with Crippen molar-refractivity contribution in [3.63, 3.8) is 0 Å². The Morgan fingerprint density at radius 2 is 1.61 bits per heavy atom. The number of nitrogens with zero attached hydrogens (tertiary/aromatic N) is 3. The van der Waals surface area contributed by atoms with Crippen LogP contribution in [0.4, 0.5) is 0 Å². The quantitative estimate of drug-likeness (QED) is 0.279. The zero-order valence-electron chi connectivity index (χ0n) is 36.3. The van der Waals surface area contributed by atoms with Crippen molar-refractivity contribution in [1.29, 1.82) is 0 Å². The number of benzene rings is 1. The molecule has 3 heterocycles. The molecule has 10 unspecified atom stereocenters. The third kappa shape index (κ3) is 6.99. The molecule has 0 spiro atoms. The Balaban J connectivity index is 0.928. The van der Waals surface area contributed by atoms with E-state index in [1.807, 2.05) is 0 Å². The summed E-state index contributed by atoms with van der Waals surface area (Å²) in [7, 11) is 0. The molecule has 0 amide bonds. The van der Waals surface area contributed by atoms with Crippen LogP contribution in [0.1, 0.15) is 113 Å². The van der Waals surface area contributed by atoms with Crippen molar-refractivity contribution >= 4 is 17.2 Å². The van der Waals surface area contributed by atoms with E-state index in [0.29, 0.717) is 47.6 Å². The molecule has 12 rings (SSSR count). The number of aliphatic imine (C=N–C) groups is 2. The number of hydrogen-bond donors (Lipinski definition) is 1. The maximum absolute atomic E-state index is 7.29. The molecule has 8 aliphatic carbocycles. The lowest BCUT2D eigenvalue weighted by Crippen LogP contribution is -2.43. The average Bonchev–Trinajstić information content (AvgIpc) is 3.89. The molecule has 316 valence electrons. The minimum atomic E-state index is -0.127. The Morgan fingerprint density at radius 1 is 0.710 bits per heavy atom. The van der Waals surface area contributed by atoms with Gasteiger partial charge in [0.1, 0.15) is 23.2 Å². The van der Waals surface area contributed by atoms with Crippen LogP contribution in [0.5, 0.6) is 5.75 Å². The van der Waals surface area contributed by atoms with Gasteiger partial charge in [-0.25, -0.2) is 9.98 Å². The van der Waals surface area contributed by atoms with Crippen molar-refractivity contribution in [2.75, 3.05) is 0 Å². The minimum absolute atomic E-state index is 0.127. The molecule has 0 saturated carbocycles. The maximum Gasteiger partial charge on any atom is 0.150 e. The second-order valence-electron chi connectivity index (χ2n) is 19.8. The van der Waals surface area contributed by atoms with Gasteiger partial charge in [0.2, 0.25) is 0 Å². The van der Waals surface area contributed by atoms with Crippen molar-refractivity contribution < 1.29 is 4.74 Å². The predicted octanol–water partition coefficient (Wildman–Crippen LogP) is 12.9. The lowest BCUT2D eigenvalue weighted by atomic mass is 9.69. The molecular weight excluding hydrogens is 757 g/mol. The van der Waals surface area contributed by atoms with Crippen molar-refractivity contribution in [2.45, 2.75) is 120 Å². The molecule has 5 nitrogen and oxygen atoms in total. The highest BCUT2D eigenvalue weighted by Crippen LogP contribution is 2.57. The number of fused-ring (bicyclic) bond motifs is 6. The van der Waals surface area contributed by atoms with Crippen LogP contribution in [0.2, 0.25) is 0 Å². The fourth-order valence-corrected chi connectivity index (χ4v) is 13.2. The molecule has 10 atom stereocenters. The number of hydrogen-bond acceptors (Lipinski definition) is 5. The van der Waals surface area contributed by atoms with Crippen LogP contribution >= 0.6 is 0 Å². The van der Waals surface area contributed by atoms with Gasteiger partial charge in [-0.2, -0.15) is 0 Å². The molecule has 62 heavy (non-hydrogen) atoms. The standard InChI is InChI=1S/C57H62N4O/c1-5-17-37(18-6-1)40-23-15-24-41(33-40)42-31-32-44(50(34-42)57-59-55(38-19-7-2-8-20-38)58-56(60-57)39-21-9-3-10-22-39)46-28-16-29-47-49-35-48-45-27-13-14-30-51(45)61(43-25-11-4-12-26-43)52(48)36-53(49)62-54(46)47/h1-2,4-5,7-9,11,13-14,16-17,19,21,23,25,27-30,36,38-39,41-42,45,48-49,51-52,55H,3,6,10,12,15,18,20,22,24,26,31-35H2,(H,58,59,60). The molecule has 3 aliphatic heterocycles. The molecule has 1 aromatic rings. The van der Waals surface area contributed by atoms with Gasteiger partial charge in [0.25, 0.3) is 0 Å². The first kappa shape index (κ1) is 38.5. The summed E-state index contributed by atoms with van der Waals surface area (Å²) in [5, 5.41) is 3.99. The summed E-state index contributed by atoms with van der Waals surface area (Å²) in [6, 6.07) is 7.84. The molecule has 0 bridgehead atoms. The third-order valence-electron chi connectivity index (χ3n) is 16.4. The molecule has 0 aromatic heterocycles. The Labute approximate surface area is 369 Å². The summed E-state index contributed by atoms with van der Waals surface area (Å²) in [4.78, 5) is 13.8. The highest BCUT2D eigenvalue weighted by atomic mass is 16.5. The number of rotatable bonds is 7. The smallest absolute Gasteiger partial charge is 0.150 e. The van der Waals surface area contributed by atoms with Crippen LogP contribution in [0.25, 0.3) is 5.57 Å². The average molecular weight is 819 g/mol. The Morgan fingerprint density at radius 3 is 2.47 bits per heavy atom. The van der Waals surface area contributed by atoms with E-state index in [-0.39, 0.29) is 12.1 Å². The largest absolute Gasteiger partial charge is 0.460 e. The van der Waals surface area contributed by atoms with Crippen LogP contribution in [-0.2, 0) is 0 Å². The van der Waals surface area contributed by atoms with Crippen LogP contribution in [0.15, 0.2) is 166 Å². The first-order chi connectivity index (χ1) is 30.7. The number of allylic oxidation sites excluding steroid dienone is 18. The van der Waals surface area contributed by atoms with E-state index in [1.165, 1.54) is 72.3 Å². The fourth-order valence-electron chi connectivity index (χ4n) is 13.2. The van der Waals surface area contributed by atoms with Gasteiger partial charge in [0.15, 0.2) is 6.17 Å². The van der Waals surface area contributed by atoms with Crippen molar-refractivity contribution in [3.05, 3.63) is 167 Å². The summed E-state index contributed by atoms with van der Waals surface area (Å²) < 4.78 is 7.29.